The van der Waals surface area contributed by atoms with Gasteiger partial charge in [-0.25, -0.2) is 8.42 Å². The maximum atomic E-state index is 11.9. The maximum Gasteiger partial charge on any atom is 0.214 e. The van der Waals surface area contributed by atoms with E-state index in [0.717, 1.165) is 19.3 Å². The minimum atomic E-state index is -3.08. The smallest absolute Gasteiger partial charge is 0.214 e. The van der Waals surface area contributed by atoms with Crippen molar-refractivity contribution in [2.24, 2.45) is 0 Å². The van der Waals surface area contributed by atoms with Crippen molar-refractivity contribution in [2.75, 3.05) is 18.9 Å². The minimum absolute atomic E-state index is 0.0745. The molecule has 1 unspecified atom stereocenters. The van der Waals surface area contributed by atoms with Crippen LogP contribution in [0.25, 0.3) is 0 Å². The Morgan fingerprint density at radius 3 is 2.67 bits per heavy atom. The lowest BCUT2D eigenvalue weighted by atomic mass is 10.1. The summed E-state index contributed by atoms with van der Waals surface area (Å²) in [6.45, 7) is 2.72. The van der Waals surface area contributed by atoms with Gasteiger partial charge in [0.1, 0.15) is 0 Å². The normalized spacial score (nSPS) is 24.3. The fourth-order valence-corrected chi connectivity index (χ4v) is 3.86. The van der Waals surface area contributed by atoms with E-state index < -0.39 is 10.0 Å². The van der Waals surface area contributed by atoms with Crippen molar-refractivity contribution < 1.29 is 13.5 Å². The topological polar surface area (TPSA) is 57.6 Å². The molecule has 1 N–H and O–H groups in total. The Labute approximate surface area is 92.3 Å². The average Bonchev–Trinajstić information content (AvgIpc) is 2.18. The van der Waals surface area contributed by atoms with Crippen molar-refractivity contribution in [1.29, 1.82) is 0 Å². The van der Waals surface area contributed by atoms with Crippen LogP contribution < -0.4 is 0 Å². The number of unbranched alkanes of at least 4 members (excludes halogenated alkanes) is 1. The highest BCUT2D eigenvalue weighted by Gasteiger charge is 2.28. The lowest BCUT2D eigenvalue weighted by Gasteiger charge is -2.32. The molecule has 90 valence electrons. The zero-order chi connectivity index (χ0) is 11.3. The zero-order valence-electron chi connectivity index (χ0n) is 9.35. The Hall–Kier alpha value is -0.130. The molecular weight excluding hydrogens is 214 g/mol. The van der Waals surface area contributed by atoms with Crippen LogP contribution in [0, 0.1) is 0 Å². The standard InChI is InChI=1S/C10H21NO3S/c1-10-6-2-3-7-11(10)15(13,14)9-5-4-8-12/h10,12H,2-9H2,1H3. The largest absolute Gasteiger partial charge is 0.396 e. The summed E-state index contributed by atoms with van der Waals surface area (Å²) in [4.78, 5) is 0. The van der Waals surface area contributed by atoms with Crippen LogP contribution >= 0.6 is 0 Å². The molecule has 0 saturated carbocycles. The lowest BCUT2D eigenvalue weighted by Crippen LogP contribution is -2.43. The summed E-state index contributed by atoms with van der Waals surface area (Å²) >= 11 is 0. The molecule has 0 aromatic heterocycles. The molecule has 0 aliphatic carbocycles. The number of piperidine rings is 1. The van der Waals surface area contributed by atoms with Gasteiger partial charge in [-0.15, -0.1) is 0 Å². The summed E-state index contributed by atoms with van der Waals surface area (Å²) in [6.07, 6.45) is 4.20. The van der Waals surface area contributed by atoms with Gasteiger partial charge in [0.05, 0.1) is 5.75 Å². The first-order chi connectivity index (χ1) is 7.08. The van der Waals surface area contributed by atoms with Gasteiger partial charge in [-0.1, -0.05) is 6.42 Å². The van der Waals surface area contributed by atoms with Crippen molar-refractivity contribution in [3.63, 3.8) is 0 Å². The van der Waals surface area contributed by atoms with Crippen LogP contribution in [-0.2, 0) is 10.0 Å². The fourth-order valence-electron chi connectivity index (χ4n) is 2.00. The number of hydrogen-bond donors (Lipinski definition) is 1. The Morgan fingerprint density at radius 2 is 2.07 bits per heavy atom. The molecule has 0 bridgehead atoms. The van der Waals surface area contributed by atoms with Crippen LogP contribution in [0.2, 0.25) is 0 Å². The third-order valence-corrected chi connectivity index (χ3v) is 4.97. The van der Waals surface area contributed by atoms with Gasteiger partial charge in [-0.2, -0.15) is 4.31 Å². The molecule has 0 amide bonds. The van der Waals surface area contributed by atoms with E-state index in [4.69, 9.17) is 5.11 Å². The Balaban J connectivity index is 2.51. The van der Waals surface area contributed by atoms with Gasteiger partial charge in [0, 0.05) is 19.2 Å². The molecule has 1 fully saturated rings. The summed E-state index contributed by atoms with van der Waals surface area (Å²) in [5.74, 6) is 0.178. The summed E-state index contributed by atoms with van der Waals surface area (Å²) < 4.78 is 25.5. The molecule has 1 saturated heterocycles. The predicted molar refractivity (Wildman–Crippen MR) is 60.1 cm³/mol. The van der Waals surface area contributed by atoms with Gasteiger partial charge in [0.25, 0.3) is 0 Å². The highest BCUT2D eigenvalue weighted by molar-refractivity contribution is 7.89. The van der Waals surface area contributed by atoms with Gasteiger partial charge in [0.2, 0.25) is 10.0 Å². The number of aliphatic hydroxyl groups excluding tert-OH is 1. The molecule has 1 atom stereocenters. The second-order valence-electron chi connectivity index (χ2n) is 4.20. The van der Waals surface area contributed by atoms with Gasteiger partial charge in [-0.3, -0.25) is 0 Å². The molecule has 0 aromatic carbocycles. The fraction of sp³-hybridized carbons (Fsp3) is 1.00. The molecule has 0 spiro atoms. The van der Waals surface area contributed by atoms with Crippen LogP contribution in [0.4, 0.5) is 0 Å². The van der Waals surface area contributed by atoms with E-state index in [2.05, 4.69) is 0 Å². The first-order valence-corrected chi connectivity index (χ1v) is 7.29. The van der Waals surface area contributed by atoms with Gasteiger partial charge < -0.3 is 5.11 Å². The molecule has 1 heterocycles. The Bertz CT molecular complexity index is 276. The van der Waals surface area contributed by atoms with E-state index in [-0.39, 0.29) is 18.4 Å². The highest BCUT2D eigenvalue weighted by Crippen LogP contribution is 2.20. The van der Waals surface area contributed by atoms with Crippen molar-refractivity contribution >= 4 is 10.0 Å². The van der Waals surface area contributed by atoms with Crippen molar-refractivity contribution in [2.45, 2.75) is 45.1 Å². The van der Waals surface area contributed by atoms with E-state index in [0.29, 0.717) is 19.4 Å². The molecule has 1 aliphatic rings. The van der Waals surface area contributed by atoms with E-state index in [1.165, 1.54) is 0 Å². The number of aliphatic hydroxyl groups is 1. The van der Waals surface area contributed by atoms with E-state index in [1.807, 2.05) is 6.92 Å². The number of sulfonamides is 1. The van der Waals surface area contributed by atoms with Crippen LogP contribution in [0.1, 0.15) is 39.0 Å². The van der Waals surface area contributed by atoms with E-state index in [1.54, 1.807) is 4.31 Å². The number of nitrogens with zero attached hydrogens (tertiary/aromatic N) is 1. The highest BCUT2D eigenvalue weighted by atomic mass is 32.2. The predicted octanol–water partition coefficient (Wildman–Crippen LogP) is 0.963. The Morgan fingerprint density at radius 1 is 1.33 bits per heavy atom. The second-order valence-corrected chi connectivity index (χ2v) is 6.24. The second kappa shape index (κ2) is 5.82. The number of hydrogen-bond acceptors (Lipinski definition) is 3. The molecule has 1 rings (SSSR count). The molecule has 1 aliphatic heterocycles. The van der Waals surface area contributed by atoms with Crippen molar-refractivity contribution in [3.05, 3.63) is 0 Å². The molecule has 15 heavy (non-hydrogen) atoms. The zero-order valence-corrected chi connectivity index (χ0v) is 10.2. The van der Waals surface area contributed by atoms with Crippen LogP contribution in [0.15, 0.2) is 0 Å². The van der Waals surface area contributed by atoms with Gasteiger partial charge in [0.15, 0.2) is 0 Å². The summed E-state index contributed by atoms with van der Waals surface area (Å²) in [5.41, 5.74) is 0. The molecule has 0 radical (unpaired) electrons. The first kappa shape index (κ1) is 12.9. The van der Waals surface area contributed by atoms with Crippen LogP contribution in [0.3, 0.4) is 0 Å². The third kappa shape index (κ3) is 3.74. The molecule has 5 heteroatoms. The maximum absolute atomic E-state index is 11.9. The SMILES string of the molecule is CC1CCCCN1S(=O)(=O)CCCCO. The summed E-state index contributed by atoms with van der Waals surface area (Å²) in [6, 6.07) is 0.151. The molecule has 0 aromatic rings. The van der Waals surface area contributed by atoms with Crippen LogP contribution in [-0.4, -0.2) is 42.8 Å². The summed E-state index contributed by atoms with van der Waals surface area (Å²) in [7, 11) is -3.08. The first-order valence-electron chi connectivity index (χ1n) is 5.68. The quantitative estimate of drug-likeness (QED) is 0.722. The summed E-state index contributed by atoms with van der Waals surface area (Å²) in [5, 5.41) is 8.62. The van der Waals surface area contributed by atoms with Crippen molar-refractivity contribution in [3.8, 4) is 0 Å². The molecule has 4 nitrogen and oxygen atoms in total. The Kier molecular flexibility index (Phi) is 5.02. The van der Waals surface area contributed by atoms with E-state index in [9.17, 15) is 8.42 Å². The lowest BCUT2D eigenvalue weighted by molar-refractivity contribution is 0.266. The number of rotatable bonds is 5. The molecular formula is C10H21NO3S. The van der Waals surface area contributed by atoms with Gasteiger partial charge >= 0.3 is 0 Å². The third-order valence-electron chi connectivity index (χ3n) is 2.91. The van der Waals surface area contributed by atoms with Crippen molar-refractivity contribution in [1.82, 2.24) is 4.31 Å². The van der Waals surface area contributed by atoms with Gasteiger partial charge in [-0.05, 0) is 32.6 Å². The van der Waals surface area contributed by atoms with E-state index >= 15 is 0 Å². The minimum Gasteiger partial charge on any atom is -0.396 e. The monoisotopic (exact) mass is 235 g/mol. The van der Waals surface area contributed by atoms with Crippen LogP contribution in [0.5, 0.6) is 0 Å². The average molecular weight is 235 g/mol.